The van der Waals surface area contributed by atoms with Crippen LogP contribution in [0, 0.1) is 5.82 Å². The number of benzene rings is 3. The number of carbonyl (C=O) groups is 2. The van der Waals surface area contributed by atoms with Crippen molar-refractivity contribution in [2.24, 2.45) is 0 Å². The number of nitrogens with one attached hydrogen (secondary N) is 1. The van der Waals surface area contributed by atoms with Gasteiger partial charge in [0.25, 0.3) is 15.9 Å². The molecule has 1 heterocycles. The maximum absolute atomic E-state index is 13.6. The molecule has 1 unspecified atom stereocenters. The lowest BCUT2D eigenvalue weighted by Gasteiger charge is -2.24. The molecule has 0 saturated carbocycles. The van der Waals surface area contributed by atoms with Gasteiger partial charge in [-0.2, -0.15) is 0 Å². The van der Waals surface area contributed by atoms with Gasteiger partial charge in [0, 0.05) is 6.04 Å². The fourth-order valence-electron chi connectivity index (χ4n) is 3.76. The minimum absolute atomic E-state index is 0.0186. The highest BCUT2D eigenvalue weighted by atomic mass is 32.2. The van der Waals surface area contributed by atoms with Crippen LogP contribution in [0.1, 0.15) is 22.8 Å². The molecule has 9 heteroatoms. The molecule has 7 nitrogen and oxygen atoms in total. The minimum Gasteiger partial charge on any atom is -0.452 e. The molecule has 33 heavy (non-hydrogen) atoms. The molecule has 0 bridgehead atoms. The molecule has 1 aliphatic rings. The molecule has 1 N–H and O–H groups in total. The SMILES string of the molecule is CC1Cc2ccccc2N1S(=O)(=O)c1cccc(C(=O)OCC(=O)Nc2ccccc2F)c1. The molecule has 0 aromatic heterocycles. The van der Waals surface area contributed by atoms with E-state index in [1.165, 1.54) is 46.8 Å². The topological polar surface area (TPSA) is 92.8 Å². The summed E-state index contributed by atoms with van der Waals surface area (Å²) >= 11 is 0. The third-order valence-corrected chi connectivity index (χ3v) is 7.18. The third kappa shape index (κ3) is 4.58. The number of para-hydroxylation sites is 2. The summed E-state index contributed by atoms with van der Waals surface area (Å²) in [6.07, 6.45) is 0.592. The Morgan fingerprint density at radius 3 is 2.58 bits per heavy atom. The van der Waals surface area contributed by atoms with Gasteiger partial charge in [0.05, 0.1) is 21.8 Å². The fraction of sp³-hybridized carbons (Fsp3) is 0.167. The van der Waals surface area contributed by atoms with Crippen LogP contribution in [-0.4, -0.2) is 32.9 Å². The Kier molecular flexibility index (Phi) is 6.15. The number of hydrogen-bond acceptors (Lipinski definition) is 5. The maximum atomic E-state index is 13.6. The van der Waals surface area contributed by atoms with Crippen LogP contribution < -0.4 is 9.62 Å². The molecule has 4 rings (SSSR count). The van der Waals surface area contributed by atoms with Gasteiger partial charge in [0.15, 0.2) is 6.61 Å². The van der Waals surface area contributed by atoms with Crippen molar-refractivity contribution in [1.82, 2.24) is 0 Å². The fourth-order valence-corrected chi connectivity index (χ4v) is 5.50. The van der Waals surface area contributed by atoms with Gasteiger partial charge < -0.3 is 10.1 Å². The average Bonchev–Trinajstić information content (AvgIpc) is 3.15. The standard InChI is InChI=1S/C24H21FN2O5S/c1-16-13-17-7-2-5-12-22(17)27(16)33(30,31)19-9-6-8-18(14-19)24(29)32-15-23(28)26-21-11-4-3-10-20(21)25/h2-12,14,16H,13,15H2,1H3,(H,26,28). The highest BCUT2D eigenvalue weighted by Gasteiger charge is 2.36. The van der Waals surface area contributed by atoms with Crippen molar-refractivity contribution >= 4 is 33.3 Å². The first kappa shape index (κ1) is 22.5. The van der Waals surface area contributed by atoms with Crippen molar-refractivity contribution in [3.63, 3.8) is 0 Å². The Bertz CT molecular complexity index is 1330. The lowest BCUT2D eigenvalue weighted by molar-refractivity contribution is -0.119. The van der Waals surface area contributed by atoms with Crippen molar-refractivity contribution in [3.8, 4) is 0 Å². The number of sulfonamides is 1. The Labute approximate surface area is 190 Å². The van der Waals surface area contributed by atoms with Crippen molar-refractivity contribution in [2.75, 3.05) is 16.2 Å². The van der Waals surface area contributed by atoms with E-state index >= 15 is 0 Å². The Balaban J connectivity index is 1.48. The first-order chi connectivity index (χ1) is 15.8. The van der Waals surface area contributed by atoms with Gasteiger partial charge in [-0.25, -0.2) is 17.6 Å². The quantitative estimate of drug-likeness (QED) is 0.556. The van der Waals surface area contributed by atoms with Crippen LogP contribution >= 0.6 is 0 Å². The van der Waals surface area contributed by atoms with E-state index in [1.807, 2.05) is 19.1 Å². The molecule has 0 aliphatic carbocycles. The zero-order valence-electron chi connectivity index (χ0n) is 17.7. The van der Waals surface area contributed by atoms with E-state index < -0.39 is 34.3 Å². The zero-order valence-corrected chi connectivity index (χ0v) is 18.5. The molecule has 0 saturated heterocycles. The highest BCUT2D eigenvalue weighted by molar-refractivity contribution is 7.92. The van der Waals surface area contributed by atoms with Crippen LogP contribution in [0.15, 0.2) is 77.7 Å². The first-order valence-electron chi connectivity index (χ1n) is 10.2. The molecule has 3 aromatic carbocycles. The summed E-state index contributed by atoms with van der Waals surface area (Å²) in [4.78, 5) is 24.4. The summed E-state index contributed by atoms with van der Waals surface area (Å²) in [5.41, 5.74) is 1.49. The lowest BCUT2D eigenvalue weighted by Crippen LogP contribution is -2.35. The zero-order chi connectivity index (χ0) is 23.6. The summed E-state index contributed by atoms with van der Waals surface area (Å²) < 4.78 is 46.7. The van der Waals surface area contributed by atoms with Crippen LogP contribution in [-0.2, 0) is 26.0 Å². The van der Waals surface area contributed by atoms with Crippen LogP contribution in [0.25, 0.3) is 0 Å². The summed E-state index contributed by atoms with van der Waals surface area (Å²) in [6, 6.07) is 18.1. The second-order valence-electron chi connectivity index (χ2n) is 7.61. The van der Waals surface area contributed by atoms with E-state index in [1.54, 1.807) is 18.2 Å². The number of fused-ring (bicyclic) bond motifs is 1. The van der Waals surface area contributed by atoms with Crippen LogP contribution in [0.4, 0.5) is 15.8 Å². The van der Waals surface area contributed by atoms with E-state index in [0.717, 1.165) is 5.56 Å². The maximum Gasteiger partial charge on any atom is 0.338 e. The van der Waals surface area contributed by atoms with Crippen LogP contribution in [0.3, 0.4) is 0 Å². The predicted molar refractivity (Wildman–Crippen MR) is 121 cm³/mol. The number of anilines is 2. The Morgan fingerprint density at radius 2 is 1.79 bits per heavy atom. The number of amides is 1. The largest absolute Gasteiger partial charge is 0.452 e. The molecule has 1 aliphatic heterocycles. The molecule has 0 radical (unpaired) electrons. The van der Waals surface area contributed by atoms with Gasteiger partial charge in [-0.1, -0.05) is 36.4 Å². The highest BCUT2D eigenvalue weighted by Crippen LogP contribution is 2.36. The predicted octanol–water partition coefficient (Wildman–Crippen LogP) is 3.76. The van der Waals surface area contributed by atoms with E-state index in [9.17, 15) is 22.4 Å². The van der Waals surface area contributed by atoms with Crippen molar-refractivity contribution in [3.05, 3.63) is 89.7 Å². The van der Waals surface area contributed by atoms with Crippen molar-refractivity contribution < 1.29 is 27.1 Å². The van der Waals surface area contributed by atoms with Gasteiger partial charge in [0.2, 0.25) is 0 Å². The minimum atomic E-state index is -3.93. The molecule has 1 atom stereocenters. The van der Waals surface area contributed by atoms with E-state index in [0.29, 0.717) is 12.1 Å². The first-order valence-corrected chi connectivity index (χ1v) is 11.7. The second-order valence-corrected chi connectivity index (χ2v) is 9.43. The van der Waals surface area contributed by atoms with Gasteiger partial charge in [-0.15, -0.1) is 0 Å². The molecule has 0 fully saturated rings. The molecule has 170 valence electrons. The monoisotopic (exact) mass is 468 g/mol. The number of rotatable bonds is 6. The number of carbonyl (C=O) groups excluding carboxylic acids is 2. The molecule has 0 spiro atoms. The van der Waals surface area contributed by atoms with E-state index in [2.05, 4.69) is 5.32 Å². The van der Waals surface area contributed by atoms with E-state index in [-0.39, 0.29) is 22.2 Å². The molecular weight excluding hydrogens is 447 g/mol. The van der Waals surface area contributed by atoms with Crippen molar-refractivity contribution in [1.29, 1.82) is 0 Å². The van der Waals surface area contributed by atoms with Crippen LogP contribution in [0.5, 0.6) is 0 Å². The number of ether oxygens (including phenoxy) is 1. The number of hydrogen-bond donors (Lipinski definition) is 1. The molecule has 1 amide bonds. The van der Waals surface area contributed by atoms with E-state index in [4.69, 9.17) is 4.74 Å². The Hall–Kier alpha value is -3.72. The normalized spacial score (nSPS) is 15.1. The van der Waals surface area contributed by atoms with Gasteiger partial charge in [0.1, 0.15) is 5.82 Å². The summed E-state index contributed by atoms with van der Waals surface area (Å²) in [5.74, 6) is -2.21. The third-order valence-electron chi connectivity index (χ3n) is 5.25. The summed E-state index contributed by atoms with van der Waals surface area (Å²) in [7, 11) is -3.93. The smallest absolute Gasteiger partial charge is 0.338 e. The Morgan fingerprint density at radius 1 is 1.06 bits per heavy atom. The van der Waals surface area contributed by atoms with Crippen molar-refractivity contribution in [2.45, 2.75) is 24.3 Å². The number of halogens is 1. The number of esters is 1. The molecular formula is C24H21FN2O5S. The number of nitrogens with zero attached hydrogens (tertiary/aromatic N) is 1. The lowest BCUT2D eigenvalue weighted by atomic mass is 10.1. The van der Waals surface area contributed by atoms with Crippen LogP contribution in [0.2, 0.25) is 0 Å². The second kappa shape index (κ2) is 9.03. The van der Waals surface area contributed by atoms with Gasteiger partial charge in [-0.05, 0) is 55.3 Å². The summed E-state index contributed by atoms with van der Waals surface area (Å²) in [6.45, 7) is 1.17. The molecule has 3 aromatic rings. The van der Waals surface area contributed by atoms with Gasteiger partial charge in [-0.3, -0.25) is 9.10 Å². The average molecular weight is 469 g/mol. The summed E-state index contributed by atoms with van der Waals surface area (Å²) in [5, 5.41) is 2.31. The van der Waals surface area contributed by atoms with Gasteiger partial charge >= 0.3 is 5.97 Å².